The van der Waals surface area contributed by atoms with Gasteiger partial charge < -0.3 is 14.4 Å². The standard InChI is InChI=1S/C21H21NO3/c1-22(18-10-8-15-6-4-5-7-16(15)12-18)21(23)13-17-9-11-19(24-2)14-20(17)25-3/h4-12,14H,13H2,1-3H3. The van der Waals surface area contributed by atoms with Crippen LogP contribution < -0.4 is 14.4 Å². The van der Waals surface area contributed by atoms with Crippen molar-refractivity contribution in [3.8, 4) is 11.5 Å². The molecule has 0 fully saturated rings. The number of carbonyl (C=O) groups excluding carboxylic acids is 1. The van der Waals surface area contributed by atoms with Crippen molar-refractivity contribution in [3.05, 3.63) is 66.2 Å². The second-order valence-electron chi connectivity index (χ2n) is 5.84. The first-order chi connectivity index (χ1) is 12.1. The van der Waals surface area contributed by atoms with Crippen LogP contribution in [0.15, 0.2) is 60.7 Å². The third-order valence-electron chi connectivity index (χ3n) is 4.33. The largest absolute Gasteiger partial charge is 0.497 e. The molecule has 4 heteroatoms. The van der Waals surface area contributed by atoms with E-state index in [9.17, 15) is 4.79 Å². The van der Waals surface area contributed by atoms with Crippen molar-refractivity contribution in [2.45, 2.75) is 6.42 Å². The van der Waals surface area contributed by atoms with Gasteiger partial charge in [-0.15, -0.1) is 0 Å². The summed E-state index contributed by atoms with van der Waals surface area (Å²) < 4.78 is 10.6. The molecular formula is C21H21NO3. The average Bonchev–Trinajstić information content (AvgIpc) is 2.67. The van der Waals surface area contributed by atoms with E-state index in [1.807, 2.05) is 48.5 Å². The number of rotatable bonds is 5. The summed E-state index contributed by atoms with van der Waals surface area (Å²) in [6.45, 7) is 0. The van der Waals surface area contributed by atoms with Crippen molar-refractivity contribution >= 4 is 22.4 Å². The molecule has 0 radical (unpaired) electrons. The molecule has 3 rings (SSSR count). The summed E-state index contributed by atoms with van der Waals surface area (Å²) in [5.74, 6) is 1.36. The zero-order valence-corrected chi connectivity index (χ0v) is 14.7. The van der Waals surface area contributed by atoms with Crippen LogP contribution in [0.3, 0.4) is 0 Å². The molecule has 0 saturated heterocycles. The maximum atomic E-state index is 12.7. The van der Waals surface area contributed by atoms with E-state index in [1.165, 1.54) is 0 Å². The summed E-state index contributed by atoms with van der Waals surface area (Å²) in [6, 6.07) is 19.6. The van der Waals surface area contributed by atoms with Gasteiger partial charge in [0.25, 0.3) is 0 Å². The van der Waals surface area contributed by atoms with Crippen LogP contribution in [0.4, 0.5) is 5.69 Å². The lowest BCUT2D eigenvalue weighted by atomic mass is 10.1. The molecule has 0 heterocycles. The molecule has 0 atom stereocenters. The summed E-state index contributed by atoms with van der Waals surface area (Å²) in [7, 11) is 4.99. The SMILES string of the molecule is COc1ccc(CC(=O)N(C)c2ccc3ccccc3c2)c(OC)c1. The van der Waals surface area contributed by atoms with Gasteiger partial charge in [-0.25, -0.2) is 0 Å². The van der Waals surface area contributed by atoms with Gasteiger partial charge in [0.15, 0.2) is 0 Å². The van der Waals surface area contributed by atoms with E-state index in [0.29, 0.717) is 11.5 Å². The van der Waals surface area contributed by atoms with E-state index >= 15 is 0 Å². The van der Waals surface area contributed by atoms with Gasteiger partial charge >= 0.3 is 0 Å². The number of hydrogen-bond donors (Lipinski definition) is 0. The minimum absolute atomic E-state index is 0.00116. The smallest absolute Gasteiger partial charge is 0.231 e. The molecule has 0 N–H and O–H groups in total. The molecule has 0 bridgehead atoms. The van der Waals surface area contributed by atoms with E-state index < -0.39 is 0 Å². The zero-order chi connectivity index (χ0) is 17.8. The van der Waals surface area contributed by atoms with Crippen molar-refractivity contribution in [2.75, 3.05) is 26.2 Å². The lowest BCUT2D eigenvalue weighted by molar-refractivity contribution is -0.117. The molecule has 1 amide bonds. The molecule has 0 aliphatic rings. The highest BCUT2D eigenvalue weighted by Gasteiger charge is 2.15. The summed E-state index contributed by atoms with van der Waals surface area (Å²) in [5, 5.41) is 2.27. The van der Waals surface area contributed by atoms with Gasteiger partial charge in [0, 0.05) is 24.4 Å². The van der Waals surface area contributed by atoms with Gasteiger partial charge in [-0.05, 0) is 29.0 Å². The van der Waals surface area contributed by atoms with Crippen LogP contribution in [0.5, 0.6) is 11.5 Å². The Kier molecular flexibility index (Phi) is 4.89. The maximum absolute atomic E-state index is 12.7. The van der Waals surface area contributed by atoms with Crippen LogP contribution in [0.25, 0.3) is 10.8 Å². The lowest BCUT2D eigenvalue weighted by Gasteiger charge is -2.19. The van der Waals surface area contributed by atoms with Crippen LogP contribution in [0.1, 0.15) is 5.56 Å². The third kappa shape index (κ3) is 3.58. The molecular weight excluding hydrogens is 314 g/mol. The molecule has 25 heavy (non-hydrogen) atoms. The number of carbonyl (C=O) groups is 1. The molecule has 0 aliphatic heterocycles. The zero-order valence-electron chi connectivity index (χ0n) is 14.7. The Morgan fingerprint density at radius 2 is 1.68 bits per heavy atom. The summed E-state index contributed by atoms with van der Waals surface area (Å²) in [6.07, 6.45) is 0.260. The van der Waals surface area contributed by atoms with E-state index in [1.54, 1.807) is 32.2 Å². The molecule has 0 unspecified atom stereocenters. The number of ether oxygens (including phenoxy) is 2. The predicted octanol–water partition coefficient (Wildman–Crippen LogP) is 4.06. The first-order valence-electron chi connectivity index (χ1n) is 8.08. The van der Waals surface area contributed by atoms with Gasteiger partial charge in [-0.2, -0.15) is 0 Å². The fraction of sp³-hybridized carbons (Fsp3) is 0.190. The number of anilines is 1. The molecule has 3 aromatic rings. The quantitative estimate of drug-likeness (QED) is 0.706. The Labute approximate surface area is 147 Å². The van der Waals surface area contributed by atoms with Crippen LogP contribution >= 0.6 is 0 Å². The van der Waals surface area contributed by atoms with Crippen molar-refractivity contribution in [1.82, 2.24) is 0 Å². The number of hydrogen-bond acceptors (Lipinski definition) is 3. The fourth-order valence-corrected chi connectivity index (χ4v) is 2.81. The maximum Gasteiger partial charge on any atom is 0.231 e. The number of benzene rings is 3. The minimum atomic E-state index is -0.00116. The Morgan fingerprint density at radius 3 is 2.40 bits per heavy atom. The summed E-state index contributed by atoms with van der Waals surface area (Å²) in [5.41, 5.74) is 1.71. The highest BCUT2D eigenvalue weighted by atomic mass is 16.5. The van der Waals surface area contributed by atoms with E-state index in [-0.39, 0.29) is 12.3 Å². The predicted molar refractivity (Wildman–Crippen MR) is 101 cm³/mol. The van der Waals surface area contributed by atoms with Crippen LogP contribution in [-0.2, 0) is 11.2 Å². The van der Waals surface area contributed by atoms with Crippen molar-refractivity contribution in [3.63, 3.8) is 0 Å². The third-order valence-corrected chi connectivity index (χ3v) is 4.33. The highest BCUT2D eigenvalue weighted by Crippen LogP contribution is 2.26. The minimum Gasteiger partial charge on any atom is -0.497 e. The molecule has 0 aromatic heterocycles. The Balaban J connectivity index is 1.82. The van der Waals surface area contributed by atoms with E-state index in [2.05, 4.69) is 6.07 Å². The second-order valence-corrected chi connectivity index (χ2v) is 5.84. The number of methoxy groups -OCH3 is 2. The van der Waals surface area contributed by atoms with Crippen molar-refractivity contribution in [1.29, 1.82) is 0 Å². The summed E-state index contributed by atoms with van der Waals surface area (Å²) >= 11 is 0. The summed E-state index contributed by atoms with van der Waals surface area (Å²) in [4.78, 5) is 14.4. The number of amides is 1. The van der Waals surface area contributed by atoms with Crippen LogP contribution in [0, 0.1) is 0 Å². The molecule has 0 saturated carbocycles. The number of likely N-dealkylation sites (N-methyl/N-ethyl adjacent to an activating group) is 1. The van der Waals surface area contributed by atoms with Gasteiger partial charge in [0.05, 0.1) is 20.6 Å². The molecule has 4 nitrogen and oxygen atoms in total. The molecule has 0 spiro atoms. The van der Waals surface area contributed by atoms with Gasteiger partial charge in [-0.1, -0.05) is 36.4 Å². The highest BCUT2D eigenvalue weighted by molar-refractivity contribution is 5.97. The Hall–Kier alpha value is -3.01. The average molecular weight is 335 g/mol. The van der Waals surface area contributed by atoms with Crippen LogP contribution in [0.2, 0.25) is 0 Å². The normalized spacial score (nSPS) is 10.5. The lowest BCUT2D eigenvalue weighted by Crippen LogP contribution is -2.27. The monoisotopic (exact) mass is 335 g/mol. The Morgan fingerprint density at radius 1 is 0.920 bits per heavy atom. The second kappa shape index (κ2) is 7.26. The van der Waals surface area contributed by atoms with E-state index in [0.717, 1.165) is 22.0 Å². The van der Waals surface area contributed by atoms with Crippen molar-refractivity contribution in [2.24, 2.45) is 0 Å². The first kappa shape index (κ1) is 16.8. The van der Waals surface area contributed by atoms with E-state index in [4.69, 9.17) is 9.47 Å². The van der Waals surface area contributed by atoms with Gasteiger partial charge in [0.1, 0.15) is 11.5 Å². The van der Waals surface area contributed by atoms with Gasteiger partial charge in [0.2, 0.25) is 5.91 Å². The fourth-order valence-electron chi connectivity index (χ4n) is 2.81. The van der Waals surface area contributed by atoms with Crippen molar-refractivity contribution < 1.29 is 14.3 Å². The number of fused-ring (bicyclic) bond motifs is 1. The first-order valence-corrected chi connectivity index (χ1v) is 8.08. The molecule has 128 valence electrons. The van der Waals surface area contributed by atoms with Gasteiger partial charge in [-0.3, -0.25) is 4.79 Å². The Bertz CT molecular complexity index is 905. The molecule has 0 aliphatic carbocycles. The number of nitrogens with zero attached hydrogens (tertiary/aromatic N) is 1. The topological polar surface area (TPSA) is 38.8 Å². The van der Waals surface area contributed by atoms with Crippen LogP contribution in [-0.4, -0.2) is 27.2 Å². The molecule has 3 aromatic carbocycles.